The van der Waals surface area contributed by atoms with Crippen LogP contribution >= 0.6 is 0 Å². The summed E-state index contributed by atoms with van der Waals surface area (Å²) in [5.41, 5.74) is 7.94. The standard InChI is InChI=1S/C9H13N3/c1-4-5-9(10)8-6-11-12(3)7(8)2/h1,6,9H,5,10H2,2-3H3. The Morgan fingerprint density at radius 2 is 2.50 bits per heavy atom. The lowest BCUT2D eigenvalue weighted by Gasteiger charge is -2.06. The van der Waals surface area contributed by atoms with Crippen molar-refractivity contribution in [3.8, 4) is 12.3 Å². The van der Waals surface area contributed by atoms with E-state index in [0.29, 0.717) is 6.42 Å². The molecule has 2 N–H and O–H groups in total. The van der Waals surface area contributed by atoms with Gasteiger partial charge in [0.2, 0.25) is 0 Å². The van der Waals surface area contributed by atoms with Crippen molar-refractivity contribution in [2.75, 3.05) is 0 Å². The molecule has 1 rings (SSSR count). The fourth-order valence-corrected chi connectivity index (χ4v) is 1.12. The fourth-order valence-electron chi connectivity index (χ4n) is 1.12. The molecule has 0 amide bonds. The predicted octanol–water partition coefficient (Wildman–Crippen LogP) is 0.752. The Hall–Kier alpha value is -1.27. The fraction of sp³-hybridized carbons (Fsp3) is 0.444. The highest BCUT2D eigenvalue weighted by Crippen LogP contribution is 2.16. The lowest BCUT2D eigenvalue weighted by molar-refractivity contribution is 0.717. The number of aromatic nitrogens is 2. The molecule has 0 aliphatic carbocycles. The van der Waals surface area contributed by atoms with E-state index in [1.54, 1.807) is 10.9 Å². The van der Waals surface area contributed by atoms with Gasteiger partial charge in [0.25, 0.3) is 0 Å². The number of rotatable bonds is 2. The molecule has 0 fully saturated rings. The topological polar surface area (TPSA) is 43.8 Å². The number of hydrogen-bond acceptors (Lipinski definition) is 2. The number of aryl methyl sites for hydroxylation is 1. The van der Waals surface area contributed by atoms with Gasteiger partial charge >= 0.3 is 0 Å². The first-order valence-corrected chi connectivity index (χ1v) is 3.84. The molecule has 3 nitrogen and oxygen atoms in total. The molecule has 3 heteroatoms. The van der Waals surface area contributed by atoms with Gasteiger partial charge in [-0.1, -0.05) is 0 Å². The number of nitrogens with zero attached hydrogens (tertiary/aromatic N) is 2. The zero-order chi connectivity index (χ0) is 9.14. The average molecular weight is 163 g/mol. The summed E-state index contributed by atoms with van der Waals surface area (Å²) in [6, 6.07) is -0.0799. The Kier molecular flexibility index (Phi) is 2.51. The molecule has 0 radical (unpaired) electrons. The summed E-state index contributed by atoms with van der Waals surface area (Å²) < 4.78 is 1.80. The van der Waals surface area contributed by atoms with Gasteiger partial charge in [0.15, 0.2) is 0 Å². The van der Waals surface area contributed by atoms with Crippen molar-refractivity contribution in [1.29, 1.82) is 0 Å². The third kappa shape index (κ3) is 1.49. The molecule has 0 saturated heterocycles. The Bertz CT molecular complexity index is 306. The van der Waals surface area contributed by atoms with E-state index in [1.165, 1.54) is 0 Å². The number of terminal acetylenes is 1. The van der Waals surface area contributed by atoms with Crippen LogP contribution < -0.4 is 5.73 Å². The van der Waals surface area contributed by atoms with Gasteiger partial charge in [-0.25, -0.2) is 0 Å². The Morgan fingerprint density at radius 3 is 2.92 bits per heavy atom. The van der Waals surface area contributed by atoms with Crippen LogP contribution in [0.5, 0.6) is 0 Å². The Morgan fingerprint density at radius 1 is 1.83 bits per heavy atom. The smallest absolute Gasteiger partial charge is 0.0540 e. The lowest BCUT2D eigenvalue weighted by Crippen LogP contribution is -2.10. The van der Waals surface area contributed by atoms with Crippen LogP contribution in [0.3, 0.4) is 0 Å². The van der Waals surface area contributed by atoms with Crippen molar-refractivity contribution >= 4 is 0 Å². The largest absolute Gasteiger partial charge is 0.323 e. The van der Waals surface area contributed by atoms with Crippen molar-refractivity contribution < 1.29 is 0 Å². The molecule has 0 aliphatic rings. The second-order valence-corrected chi connectivity index (χ2v) is 2.82. The molecule has 0 aromatic carbocycles. The third-order valence-corrected chi connectivity index (χ3v) is 2.01. The van der Waals surface area contributed by atoms with Crippen LogP contribution in [-0.4, -0.2) is 9.78 Å². The Labute approximate surface area is 72.6 Å². The van der Waals surface area contributed by atoms with E-state index >= 15 is 0 Å². The molecular weight excluding hydrogens is 150 g/mol. The second-order valence-electron chi connectivity index (χ2n) is 2.82. The van der Waals surface area contributed by atoms with Gasteiger partial charge in [-0.2, -0.15) is 5.10 Å². The number of nitrogens with two attached hydrogens (primary N) is 1. The van der Waals surface area contributed by atoms with E-state index in [4.69, 9.17) is 12.2 Å². The van der Waals surface area contributed by atoms with Gasteiger partial charge in [-0.05, 0) is 6.92 Å². The van der Waals surface area contributed by atoms with E-state index in [1.807, 2.05) is 14.0 Å². The summed E-state index contributed by atoms with van der Waals surface area (Å²) in [6.45, 7) is 1.98. The van der Waals surface area contributed by atoms with Crippen molar-refractivity contribution in [2.24, 2.45) is 12.8 Å². The molecule has 0 aliphatic heterocycles. The molecule has 1 heterocycles. The van der Waals surface area contributed by atoms with E-state index in [9.17, 15) is 0 Å². The summed E-state index contributed by atoms with van der Waals surface area (Å²) >= 11 is 0. The van der Waals surface area contributed by atoms with E-state index in [2.05, 4.69) is 11.0 Å². The van der Waals surface area contributed by atoms with Gasteiger partial charge in [0, 0.05) is 30.8 Å². The summed E-state index contributed by atoms with van der Waals surface area (Å²) in [5, 5.41) is 4.09. The van der Waals surface area contributed by atoms with Gasteiger partial charge in [-0.3, -0.25) is 4.68 Å². The van der Waals surface area contributed by atoms with Crippen LogP contribution in [0, 0.1) is 19.3 Å². The van der Waals surface area contributed by atoms with Crippen molar-refractivity contribution in [2.45, 2.75) is 19.4 Å². The lowest BCUT2D eigenvalue weighted by atomic mass is 10.1. The van der Waals surface area contributed by atoms with Crippen LogP contribution in [0.4, 0.5) is 0 Å². The normalized spacial score (nSPS) is 12.5. The summed E-state index contributed by atoms with van der Waals surface area (Å²) in [7, 11) is 1.89. The van der Waals surface area contributed by atoms with Crippen molar-refractivity contribution in [1.82, 2.24) is 9.78 Å². The summed E-state index contributed by atoms with van der Waals surface area (Å²) in [4.78, 5) is 0. The SMILES string of the molecule is C#CCC(N)c1cnn(C)c1C. The summed E-state index contributed by atoms with van der Waals surface area (Å²) in [5.74, 6) is 2.54. The highest BCUT2D eigenvalue weighted by Gasteiger charge is 2.10. The third-order valence-electron chi connectivity index (χ3n) is 2.01. The van der Waals surface area contributed by atoms with Crippen LogP contribution in [0.25, 0.3) is 0 Å². The molecule has 64 valence electrons. The maximum absolute atomic E-state index is 5.82. The van der Waals surface area contributed by atoms with E-state index in [0.717, 1.165) is 11.3 Å². The molecule has 1 unspecified atom stereocenters. The van der Waals surface area contributed by atoms with Gasteiger partial charge < -0.3 is 5.73 Å². The van der Waals surface area contributed by atoms with Crippen molar-refractivity contribution in [3.63, 3.8) is 0 Å². The molecule has 0 saturated carbocycles. The molecule has 1 atom stereocenters. The van der Waals surface area contributed by atoms with Gasteiger partial charge in [0.05, 0.1) is 6.20 Å². The molecular formula is C9H13N3. The first-order valence-electron chi connectivity index (χ1n) is 3.84. The quantitative estimate of drug-likeness (QED) is 0.654. The second kappa shape index (κ2) is 3.42. The maximum Gasteiger partial charge on any atom is 0.0540 e. The van der Waals surface area contributed by atoms with E-state index < -0.39 is 0 Å². The molecule has 0 bridgehead atoms. The minimum Gasteiger partial charge on any atom is -0.323 e. The minimum atomic E-state index is -0.0799. The minimum absolute atomic E-state index is 0.0799. The monoisotopic (exact) mass is 163 g/mol. The first kappa shape index (κ1) is 8.82. The van der Waals surface area contributed by atoms with Crippen LogP contribution in [0.2, 0.25) is 0 Å². The average Bonchev–Trinajstić information content (AvgIpc) is 2.34. The number of hydrogen-bond donors (Lipinski definition) is 1. The zero-order valence-electron chi connectivity index (χ0n) is 7.41. The Balaban J connectivity index is 2.89. The van der Waals surface area contributed by atoms with Crippen LogP contribution in [0.15, 0.2) is 6.20 Å². The molecule has 1 aromatic heterocycles. The summed E-state index contributed by atoms with van der Waals surface area (Å²) in [6.07, 6.45) is 7.50. The molecule has 0 spiro atoms. The molecule has 1 aromatic rings. The highest BCUT2D eigenvalue weighted by molar-refractivity contribution is 5.21. The first-order chi connectivity index (χ1) is 5.66. The van der Waals surface area contributed by atoms with Gasteiger partial charge in [0.1, 0.15) is 0 Å². The van der Waals surface area contributed by atoms with E-state index in [-0.39, 0.29) is 6.04 Å². The zero-order valence-corrected chi connectivity index (χ0v) is 7.41. The molecule has 12 heavy (non-hydrogen) atoms. The maximum atomic E-state index is 5.82. The highest BCUT2D eigenvalue weighted by atomic mass is 15.3. The van der Waals surface area contributed by atoms with Gasteiger partial charge in [-0.15, -0.1) is 12.3 Å². The van der Waals surface area contributed by atoms with Crippen LogP contribution in [0.1, 0.15) is 23.7 Å². The van der Waals surface area contributed by atoms with Crippen molar-refractivity contribution in [3.05, 3.63) is 17.5 Å². The van der Waals surface area contributed by atoms with Crippen LogP contribution in [-0.2, 0) is 7.05 Å². The predicted molar refractivity (Wildman–Crippen MR) is 48.3 cm³/mol.